The van der Waals surface area contributed by atoms with Gasteiger partial charge in [-0.2, -0.15) is 0 Å². The molecule has 40 heavy (non-hydrogen) atoms. The summed E-state index contributed by atoms with van der Waals surface area (Å²) in [5.74, 6) is 1.06. The van der Waals surface area contributed by atoms with Crippen molar-refractivity contribution in [2.75, 3.05) is 12.0 Å². The fourth-order valence-corrected chi connectivity index (χ4v) is 5.73. The summed E-state index contributed by atoms with van der Waals surface area (Å²) in [7, 11) is 1.61. The molecule has 1 amide bonds. The molecule has 7 heteroatoms. The summed E-state index contributed by atoms with van der Waals surface area (Å²) < 4.78 is 12.5. The van der Waals surface area contributed by atoms with Gasteiger partial charge in [-0.05, 0) is 102 Å². The molecule has 0 aliphatic carbocycles. The zero-order valence-electron chi connectivity index (χ0n) is 22.8. The molecule has 0 radical (unpaired) electrons. The number of methoxy groups -OCH3 is 1. The number of halogens is 1. The molecule has 0 spiro atoms. The van der Waals surface area contributed by atoms with Crippen LogP contribution < -0.4 is 14.4 Å². The van der Waals surface area contributed by atoms with Crippen LogP contribution in [0, 0.1) is 20.8 Å². The molecule has 4 aromatic rings. The molecule has 5 rings (SSSR count). The van der Waals surface area contributed by atoms with Gasteiger partial charge in [0.25, 0.3) is 5.91 Å². The van der Waals surface area contributed by atoms with Gasteiger partial charge in [-0.1, -0.05) is 65.2 Å². The normalized spacial score (nSPS) is 15.2. The molecule has 0 N–H and O–H groups in total. The number of carbonyl (C=O) groups is 1. The Morgan fingerprint density at radius 2 is 1.48 bits per heavy atom. The van der Waals surface area contributed by atoms with Crippen molar-refractivity contribution in [3.8, 4) is 11.5 Å². The second-order valence-corrected chi connectivity index (χ2v) is 11.5. The molecule has 1 fully saturated rings. The summed E-state index contributed by atoms with van der Waals surface area (Å²) >= 11 is 5.00. The van der Waals surface area contributed by atoms with E-state index in [9.17, 15) is 4.79 Å². The van der Waals surface area contributed by atoms with Crippen molar-refractivity contribution in [2.45, 2.75) is 27.4 Å². The molecule has 0 unspecified atom stereocenters. The zero-order valence-corrected chi connectivity index (χ0v) is 25.2. The number of ether oxygens (including phenoxy) is 2. The average Bonchev–Trinajstić information content (AvgIpc) is 3.24. The Morgan fingerprint density at radius 1 is 0.875 bits per heavy atom. The minimum absolute atomic E-state index is 0.130. The molecule has 1 saturated heterocycles. The zero-order chi connectivity index (χ0) is 28.2. The van der Waals surface area contributed by atoms with Crippen LogP contribution in [0.1, 0.15) is 27.8 Å². The number of carbonyl (C=O) groups excluding carboxylic acids is 1. The van der Waals surface area contributed by atoms with Gasteiger partial charge in [0.2, 0.25) is 0 Å². The Hall–Kier alpha value is -3.81. The lowest BCUT2D eigenvalue weighted by Gasteiger charge is -2.16. The molecule has 1 aliphatic rings. The largest absolute Gasteiger partial charge is 0.493 e. The monoisotopic (exact) mass is 612 g/mol. The van der Waals surface area contributed by atoms with E-state index in [4.69, 9.17) is 14.5 Å². The van der Waals surface area contributed by atoms with Crippen LogP contribution in [0.15, 0.2) is 99.3 Å². The first-order chi connectivity index (χ1) is 19.3. The lowest BCUT2D eigenvalue weighted by atomic mass is 10.1. The van der Waals surface area contributed by atoms with E-state index < -0.39 is 0 Å². The fraction of sp³-hybridized carbons (Fsp3) is 0.152. The number of amides is 1. The van der Waals surface area contributed by atoms with Crippen molar-refractivity contribution in [1.29, 1.82) is 0 Å². The van der Waals surface area contributed by atoms with Crippen LogP contribution in [0.4, 0.5) is 11.4 Å². The first kappa shape index (κ1) is 27.7. The SMILES string of the molecule is COc1cc(/C=C2\SC(=Nc3ccc(C)cc3)N(c3ccc(C)cc3)C2=O)cc(Br)c1OCc1ccc(C)cc1. The van der Waals surface area contributed by atoms with Crippen molar-refractivity contribution in [3.63, 3.8) is 0 Å². The van der Waals surface area contributed by atoms with E-state index >= 15 is 0 Å². The number of aryl methyl sites for hydroxylation is 3. The van der Waals surface area contributed by atoms with Gasteiger partial charge in [0, 0.05) is 0 Å². The highest BCUT2D eigenvalue weighted by Gasteiger charge is 2.35. The third-order valence-electron chi connectivity index (χ3n) is 6.41. The Kier molecular flexibility index (Phi) is 8.43. The number of nitrogens with zero attached hydrogens (tertiary/aromatic N) is 2. The second kappa shape index (κ2) is 12.1. The molecule has 0 saturated carbocycles. The maximum Gasteiger partial charge on any atom is 0.271 e. The van der Waals surface area contributed by atoms with Crippen LogP contribution in [-0.2, 0) is 11.4 Å². The Balaban J connectivity index is 1.46. The van der Waals surface area contributed by atoms with Crippen LogP contribution in [0.5, 0.6) is 11.5 Å². The van der Waals surface area contributed by atoms with Crippen molar-refractivity contribution in [3.05, 3.63) is 122 Å². The molecule has 1 heterocycles. The highest BCUT2D eigenvalue weighted by atomic mass is 79.9. The van der Waals surface area contributed by atoms with Gasteiger partial charge < -0.3 is 9.47 Å². The first-order valence-corrected chi connectivity index (χ1v) is 14.4. The number of hydrogen-bond acceptors (Lipinski definition) is 5. The van der Waals surface area contributed by atoms with Crippen LogP contribution in [0.25, 0.3) is 6.08 Å². The number of benzene rings is 4. The van der Waals surface area contributed by atoms with Gasteiger partial charge >= 0.3 is 0 Å². The average molecular weight is 614 g/mol. The summed E-state index contributed by atoms with van der Waals surface area (Å²) in [5.41, 5.74) is 6.92. The molecule has 0 bridgehead atoms. The second-order valence-electron chi connectivity index (χ2n) is 9.63. The third kappa shape index (κ3) is 6.32. The standard InChI is InChI=1S/C33H29BrN2O3S/c1-21-5-11-24(12-6-21)20-39-31-28(34)17-25(18-29(31)38-4)19-30-32(37)36(27-15-9-23(3)10-16-27)33(40-30)35-26-13-7-22(2)8-14-26/h5-19H,20H2,1-4H3/b30-19-,35-33?. The van der Waals surface area contributed by atoms with E-state index in [1.54, 1.807) is 12.0 Å². The van der Waals surface area contributed by atoms with Crippen molar-refractivity contribution in [1.82, 2.24) is 0 Å². The van der Waals surface area contributed by atoms with E-state index in [1.165, 1.54) is 17.3 Å². The quantitative estimate of drug-likeness (QED) is 0.196. The molecule has 202 valence electrons. The number of thioether (sulfide) groups is 1. The maximum atomic E-state index is 13.7. The number of anilines is 1. The Morgan fingerprint density at radius 3 is 2.10 bits per heavy atom. The van der Waals surface area contributed by atoms with Crippen molar-refractivity contribution in [2.24, 2.45) is 4.99 Å². The highest BCUT2D eigenvalue weighted by Crippen LogP contribution is 2.41. The maximum absolute atomic E-state index is 13.7. The molecular formula is C33H29BrN2O3S. The van der Waals surface area contributed by atoms with Gasteiger partial charge in [-0.15, -0.1) is 0 Å². The van der Waals surface area contributed by atoms with Crippen LogP contribution in [0.2, 0.25) is 0 Å². The summed E-state index contributed by atoms with van der Waals surface area (Å²) in [6.45, 7) is 6.53. The molecule has 0 atom stereocenters. The van der Waals surface area contributed by atoms with Crippen molar-refractivity contribution >= 4 is 56.2 Å². The summed E-state index contributed by atoms with van der Waals surface area (Å²) in [4.78, 5) is 20.8. The number of rotatable bonds is 7. The predicted molar refractivity (Wildman–Crippen MR) is 169 cm³/mol. The molecule has 1 aliphatic heterocycles. The van der Waals surface area contributed by atoms with E-state index in [1.807, 2.05) is 92.7 Å². The Bertz CT molecular complexity index is 1600. The lowest BCUT2D eigenvalue weighted by Crippen LogP contribution is -2.28. The number of aliphatic imine (C=N–C) groups is 1. The summed E-state index contributed by atoms with van der Waals surface area (Å²) in [6, 6.07) is 27.9. The van der Waals surface area contributed by atoms with E-state index in [0.29, 0.717) is 28.2 Å². The number of amidine groups is 1. The fourth-order valence-electron chi connectivity index (χ4n) is 4.15. The summed E-state index contributed by atoms with van der Waals surface area (Å²) in [6.07, 6.45) is 1.86. The van der Waals surface area contributed by atoms with E-state index in [-0.39, 0.29) is 5.91 Å². The van der Waals surface area contributed by atoms with Crippen molar-refractivity contribution < 1.29 is 14.3 Å². The lowest BCUT2D eigenvalue weighted by molar-refractivity contribution is -0.113. The minimum atomic E-state index is -0.130. The summed E-state index contributed by atoms with van der Waals surface area (Å²) in [5, 5.41) is 0.605. The topological polar surface area (TPSA) is 51.1 Å². The predicted octanol–water partition coefficient (Wildman–Crippen LogP) is 8.77. The van der Waals surface area contributed by atoms with Crippen LogP contribution in [-0.4, -0.2) is 18.2 Å². The van der Waals surface area contributed by atoms with Gasteiger partial charge in [0.05, 0.1) is 27.9 Å². The Labute approximate surface area is 247 Å². The highest BCUT2D eigenvalue weighted by molar-refractivity contribution is 9.10. The molecule has 0 aromatic heterocycles. The van der Waals surface area contributed by atoms with Crippen LogP contribution >= 0.6 is 27.7 Å². The molecule has 4 aromatic carbocycles. The molecule has 5 nitrogen and oxygen atoms in total. The van der Waals surface area contributed by atoms with Crippen LogP contribution in [0.3, 0.4) is 0 Å². The molecular weight excluding hydrogens is 584 g/mol. The van der Waals surface area contributed by atoms with Gasteiger partial charge in [-0.3, -0.25) is 9.69 Å². The first-order valence-electron chi connectivity index (χ1n) is 12.8. The minimum Gasteiger partial charge on any atom is -0.493 e. The van der Waals surface area contributed by atoms with E-state index in [0.717, 1.165) is 38.1 Å². The third-order valence-corrected chi connectivity index (χ3v) is 7.97. The van der Waals surface area contributed by atoms with E-state index in [2.05, 4.69) is 35.0 Å². The van der Waals surface area contributed by atoms with Gasteiger partial charge in [-0.25, -0.2) is 4.99 Å². The van der Waals surface area contributed by atoms with Gasteiger partial charge in [0.1, 0.15) is 6.61 Å². The van der Waals surface area contributed by atoms with Gasteiger partial charge in [0.15, 0.2) is 16.7 Å². The smallest absolute Gasteiger partial charge is 0.271 e. The number of hydrogen-bond donors (Lipinski definition) is 0.